The zero-order valence-corrected chi connectivity index (χ0v) is 9.82. The molecule has 0 aromatic rings. The standard InChI is InChI=1S/C8H18O5Si/c1-7(2)13-14(10,11)6-4-5-12-8(3)9/h7,10-11H,4-6H2,1-3H3. The lowest BCUT2D eigenvalue weighted by atomic mass is 10.5. The maximum Gasteiger partial charge on any atom is 0.495 e. The summed E-state index contributed by atoms with van der Waals surface area (Å²) in [4.78, 5) is 29.1. The predicted octanol–water partition coefficient (Wildman–Crippen LogP) is 0.288. The van der Waals surface area contributed by atoms with Crippen LogP contribution in [-0.2, 0) is 14.0 Å². The Balaban J connectivity index is 3.60. The molecule has 0 fully saturated rings. The zero-order valence-electron chi connectivity index (χ0n) is 8.82. The first-order valence-corrected chi connectivity index (χ1v) is 6.60. The summed E-state index contributed by atoms with van der Waals surface area (Å²) < 4.78 is 9.60. The molecule has 0 aromatic carbocycles. The molecule has 0 amide bonds. The third-order valence-corrected chi connectivity index (χ3v) is 3.23. The van der Waals surface area contributed by atoms with Crippen molar-refractivity contribution in [3.05, 3.63) is 0 Å². The number of ether oxygens (including phenoxy) is 1. The van der Waals surface area contributed by atoms with Crippen molar-refractivity contribution in [1.82, 2.24) is 0 Å². The van der Waals surface area contributed by atoms with Crippen LogP contribution in [0.4, 0.5) is 0 Å². The summed E-state index contributed by atoms with van der Waals surface area (Å²) in [7, 11) is -3.53. The molecule has 0 saturated carbocycles. The van der Waals surface area contributed by atoms with Crippen LogP contribution in [-0.4, -0.2) is 37.1 Å². The SMILES string of the molecule is CC(=O)OCCC[Si](O)(O)OC(C)C. The van der Waals surface area contributed by atoms with Crippen LogP contribution in [0.15, 0.2) is 0 Å². The first-order chi connectivity index (χ1) is 6.33. The van der Waals surface area contributed by atoms with E-state index >= 15 is 0 Å². The Kier molecular flexibility index (Phi) is 5.94. The monoisotopic (exact) mass is 222 g/mol. The molecule has 2 N–H and O–H groups in total. The number of carbonyl (C=O) groups is 1. The van der Waals surface area contributed by atoms with Crippen LogP contribution in [0.25, 0.3) is 0 Å². The van der Waals surface area contributed by atoms with Gasteiger partial charge in [-0.25, -0.2) is 0 Å². The fourth-order valence-corrected chi connectivity index (χ4v) is 2.43. The van der Waals surface area contributed by atoms with Crippen LogP contribution in [0.2, 0.25) is 6.04 Å². The van der Waals surface area contributed by atoms with Crippen molar-refractivity contribution >= 4 is 14.8 Å². The molecule has 84 valence electrons. The topological polar surface area (TPSA) is 76.0 Å². The summed E-state index contributed by atoms with van der Waals surface area (Å²) in [5, 5.41) is 0. The highest BCUT2D eigenvalue weighted by atomic mass is 28.4. The van der Waals surface area contributed by atoms with Crippen molar-refractivity contribution in [3.8, 4) is 0 Å². The highest BCUT2D eigenvalue weighted by Crippen LogP contribution is 2.09. The largest absolute Gasteiger partial charge is 0.495 e. The smallest absolute Gasteiger partial charge is 0.466 e. The van der Waals surface area contributed by atoms with E-state index in [1.54, 1.807) is 13.8 Å². The molecule has 6 heteroatoms. The Morgan fingerprint density at radius 2 is 2.00 bits per heavy atom. The molecular formula is C8H18O5Si. The fraction of sp³-hybridized carbons (Fsp3) is 0.875. The second-order valence-electron chi connectivity index (χ2n) is 3.35. The number of hydrogen-bond donors (Lipinski definition) is 2. The van der Waals surface area contributed by atoms with E-state index in [0.717, 1.165) is 0 Å². The molecule has 14 heavy (non-hydrogen) atoms. The van der Waals surface area contributed by atoms with Gasteiger partial charge >= 0.3 is 14.8 Å². The summed E-state index contributed by atoms with van der Waals surface area (Å²) in [6.07, 6.45) is 0.205. The molecule has 0 atom stereocenters. The molecule has 0 saturated heterocycles. The minimum atomic E-state index is -3.53. The van der Waals surface area contributed by atoms with Crippen molar-refractivity contribution in [2.75, 3.05) is 6.61 Å². The van der Waals surface area contributed by atoms with E-state index in [1.165, 1.54) is 6.92 Å². The number of hydrogen-bond acceptors (Lipinski definition) is 5. The molecule has 0 aromatic heterocycles. The van der Waals surface area contributed by atoms with Crippen LogP contribution in [0, 0.1) is 0 Å². The van der Waals surface area contributed by atoms with Crippen LogP contribution >= 0.6 is 0 Å². The van der Waals surface area contributed by atoms with E-state index in [0.29, 0.717) is 6.42 Å². The highest BCUT2D eigenvalue weighted by molar-refractivity contribution is 6.57. The Labute approximate surface area is 85.0 Å². The first kappa shape index (κ1) is 13.6. The quantitative estimate of drug-likeness (QED) is 0.384. The van der Waals surface area contributed by atoms with Gasteiger partial charge in [0.25, 0.3) is 0 Å². The van der Waals surface area contributed by atoms with Gasteiger partial charge in [-0.15, -0.1) is 0 Å². The lowest BCUT2D eigenvalue weighted by molar-refractivity contribution is -0.141. The predicted molar refractivity (Wildman–Crippen MR) is 52.5 cm³/mol. The van der Waals surface area contributed by atoms with Gasteiger partial charge in [-0.1, -0.05) is 0 Å². The lowest BCUT2D eigenvalue weighted by Gasteiger charge is -2.20. The summed E-state index contributed by atoms with van der Waals surface area (Å²) in [5.41, 5.74) is 0. The Morgan fingerprint density at radius 3 is 2.43 bits per heavy atom. The van der Waals surface area contributed by atoms with Crippen LogP contribution in [0.5, 0.6) is 0 Å². The van der Waals surface area contributed by atoms with E-state index in [-0.39, 0.29) is 24.7 Å². The van der Waals surface area contributed by atoms with Gasteiger partial charge in [-0.3, -0.25) is 4.79 Å². The minimum absolute atomic E-state index is 0.151. The Hall–Kier alpha value is -0.433. The summed E-state index contributed by atoms with van der Waals surface area (Å²) in [6, 6.07) is 0.151. The van der Waals surface area contributed by atoms with Gasteiger partial charge < -0.3 is 18.8 Å². The second-order valence-corrected chi connectivity index (χ2v) is 5.58. The molecule has 0 aliphatic rings. The maximum absolute atomic E-state index is 10.4. The number of rotatable bonds is 6. The molecule has 0 aliphatic heterocycles. The average Bonchev–Trinajstić information content (AvgIpc) is 1.95. The molecule has 0 heterocycles. The summed E-state index contributed by atoms with van der Waals surface area (Å²) >= 11 is 0. The van der Waals surface area contributed by atoms with Crippen LogP contribution in [0.3, 0.4) is 0 Å². The minimum Gasteiger partial charge on any atom is -0.466 e. The Bertz CT molecular complexity index is 181. The van der Waals surface area contributed by atoms with Gasteiger partial charge in [0, 0.05) is 19.1 Å². The average molecular weight is 222 g/mol. The van der Waals surface area contributed by atoms with Crippen molar-refractivity contribution in [2.45, 2.75) is 39.3 Å². The van der Waals surface area contributed by atoms with Gasteiger partial charge in [-0.2, -0.15) is 0 Å². The third-order valence-electron chi connectivity index (χ3n) is 1.38. The van der Waals surface area contributed by atoms with E-state index < -0.39 is 8.80 Å². The van der Waals surface area contributed by atoms with Gasteiger partial charge in [0.1, 0.15) is 0 Å². The van der Waals surface area contributed by atoms with Crippen molar-refractivity contribution in [2.24, 2.45) is 0 Å². The molecule has 0 rings (SSSR count). The molecule has 5 nitrogen and oxygen atoms in total. The van der Waals surface area contributed by atoms with Gasteiger partial charge in [0.2, 0.25) is 0 Å². The second kappa shape index (κ2) is 6.13. The fourth-order valence-electron chi connectivity index (χ4n) is 0.955. The summed E-state index contributed by atoms with van der Waals surface area (Å²) in [6.45, 7) is 4.99. The van der Waals surface area contributed by atoms with E-state index in [4.69, 9.17) is 4.43 Å². The zero-order chi connectivity index (χ0) is 11.2. The molecule has 0 radical (unpaired) electrons. The highest BCUT2D eigenvalue weighted by Gasteiger charge is 2.32. The van der Waals surface area contributed by atoms with E-state index in [9.17, 15) is 14.4 Å². The molecule has 0 bridgehead atoms. The van der Waals surface area contributed by atoms with Crippen molar-refractivity contribution in [1.29, 1.82) is 0 Å². The van der Waals surface area contributed by atoms with Crippen LogP contribution in [0.1, 0.15) is 27.2 Å². The summed E-state index contributed by atoms with van der Waals surface area (Å²) in [5.74, 6) is -0.363. The van der Waals surface area contributed by atoms with E-state index in [2.05, 4.69) is 4.74 Å². The van der Waals surface area contributed by atoms with Gasteiger partial charge in [0.15, 0.2) is 0 Å². The molecule has 0 unspecified atom stereocenters. The normalized spacial score (nSPS) is 11.9. The van der Waals surface area contributed by atoms with Crippen LogP contribution < -0.4 is 0 Å². The van der Waals surface area contributed by atoms with E-state index in [1.807, 2.05) is 0 Å². The molecule has 0 spiro atoms. The lowest BCUT2D eigenvalue weighted by Crippen LogP contribution is -2.41. The van der Waals surface area contributed by atoms with Gasteiger partial charge in [-0.05, 0) is 20.3 Å². The van der Waals surface area contributed by atoms with Crippen molar-refractivity contribution < 1.29 is 23.5 Å². The molecule has 0 aliphatic carbocycles. The van der Waals surface area contributed by atoms with Gasteiger partial charge in [0.05, 0.1) is 6.61 Å². The maximum atomic E-state index is 10.4. The first-order valence-electron chi connectivity index (χ1n) is 4.59. The third kappa shape index (κ3) is 8.18. The van der Waals surface area contributed by atoms with Crippen molar-refractivity contribution in [3.63, 3.8) is 0 Å². The number of carbonyl (C=O) groups excluding carboxylic acids is 1. The molecular weight excluding hydrogens is 204 g/mol. The number of esters is 1. The Morgan fingerprint density at radius 1 is 1.43 bits per heavy atom.